The molecule has 1 aliphatic carbocycles. The van der Waals surface area contributed by atoms with Crippen molar-refractivity contribution in [2.75, 3.05) is 13.1 Å². The highest BCUT2D eigenvalue weighted by Gasteiger charge is 2.32. The monoisotopic (exact) mass is 313 g/mol. The summed E-state index contributed by atoms with van der Waals surface area (Å²) in [7, 11) is -3.49. The van der Waals surface area contributed by atoms with Gasteiger partial charge in [0.15, 0.2) is 0 Å². The van der Waals surface area contributed by atoms with Gasteiger partial charge in [-0.05, 0) is 32.6 Å². The van der Waals surface area contributed by atoms with E-state index < -0.39 is 10.0 Å². The quantitative estimate of drug-likeness (QED) is 0.916. The van der Waals surface area contributed by atoms with Gasteiger partial charge in [0.2, 0.25) is 10.0 Å². The van der Waals surface area contributed by atoms with Crippen molar-refractivity contribution in [3.63, 3.8) is 0 Å². The second-order valence-corrected chi connectivity index (χ2v) is 8.04. The molecule has 118 valence electrons. The molecule has 3 rings (SSSR count). The third-order valence-electron chi connectivity index (χ3n) is 4.61. The number of sulfonamides is 1. The van der Waals surface area contributed by atoms with Gasteiger partial charge < -0.3 is 5.11 Å². The Morgan fingerprint density at radius 3 is 2.43 bits per heavy atom. The summed E-state index contributed by atoms with van der Waals surface area (Å²) >= 11 is 0. The van der Waals surface area contributed by atoms with E-state index in [4.69, 9.17) is 0 Å². The summed E-state index contributed by atoms with van der Waals surface area (Å²) in [4.78, 5) is 0.325. The minimum Gasteiger partial charge on any atom is -0.393 e. The van der Waals surface area contributed by atoms with Crippen molar-refractivity contribution in [3.05, 3.63) is 11.9 Å². The van der Waals surface area contributed by atoms with Crippen molar-refractivity contribution >= 4 is 10.0 Å². The van der Waals surface area contributed by atoms with E-state index in [0.29, 0.717) is 42.6 Å². The van der Waals surface area contributed by atoms with Crippen molar-refractivity contribution in [1.82, 2.24) is 14.1 Å². The molecule has 7 heteroatoms. The first-order valence-corrected chi connectivity index (χ1v) is 9.16. The second kappa shape index (κ2) is 5.70. The van der Waals surface area contributed by atoms with Gasteiger partial charge >= 0.3 is 0 Å². The van der Waals surface area contributed by atoms with E-state index in [-0.39, 0.29) is 6.10 Å². The van der Waals surface area contributed by atoms with Crippen molar-refractivity contribution in [1.29, 1.82) is 0 Å². The van der Waals surface area contributed by atoms with Gasteiger partial charge in [-0.25, -0.2) is 8.42 Å². The number of aryl methyl sites for hydroxylation is 1. The van der Waals surface area contributed by atoms with Gasteiger partial charge in [-0.2, -0.15) is 9.40 Å². The highest BCUT2D eigenvalue weighted by atomic mass is 32.2. The molecule has 2 aliphatic rings. The normalized spacial score (nSPS) is 23.0. The Kier molecular flexibility index (Phi) is 4.07. The van der Waals surface area contributed by atoms with Gasteiger partial charge in [0.25, 0.3) is 0 Å². The molecular weight excluding hydrogens is 290 g/mol. The van der Waals surface area contributed by atoms with Crippen molar-refractivity contribution < 1.29 is 13.5 Å². The minimum atomic E-state index is -3.49. The van der Waals surface area contributed by atoms with Crippen LogP contribution in [0.3, 0.4) is 0 Å². The van der Waals surface area contributed by atoms with Gasteiger partial charge in [-0.15, -0.1) is 0 Å². The van der Waals surface area contributed by atoms with Crippen LogP contribution in [0.4, 0.5) is 0 Å². The zero-order valence-corrected chi connectivity index (χ0v) is 13.2. The zero-order valence-electron chi connectivity index (χ0n) is 12.4. The SMILES string of the molecule is Cc1nn(C2CCCC2)cc1S(=O)(=O)N1CCC(O)CC1. The Balaban J connectivity index is 1.85. The lowest BCUT2D eigenvalue weighted by atomic mass is 10.1. The molecule has 0 amide bonds. The number of piperidine rings is 1. The van der Waals surface area contributed by atoms with E-state index in [1.165, 1.54) is 17.1 Å². The average Bonchev–Trinajstić information content (AvgIpc) is 3.08. The molecule has 1 aliphatic heterocycles. The molecule has 0 radical (unpaired) electrons. The van der Waals surface area contributed by atoms with Crippen LogP contribution in [0, 0.1) is 6.92 Å². The van der Waals surface area contributed by atoms with Gasteiger partial charge in [0.1, 0.15) is 4.90 Å². The molecule has 0 spiro atoms. The topological polar surface area (TPSA) is 75.4 Å². The maximum absolute atomic E-state index is 12.7. The number of hydrogen-bond acceptors (Lipinski definition) is 4. The summed E-state index contributed by atoms with van der Waals surface area (Å²) in [5, 5.41) is 14.0. The van der Waals surface area contributed by atoms with Crippen LogP contribution in [0.2, 0.25) is 0 Å². The summed E-state index contributed by atoms with van der Waals surface area (Å²) in [6, 6.07) is 0.343. The standard InChI is InChI=1S/C14H23N3O3S/c1-11-14(10-17(15-11)12-4-2-3-5-12)21(19,20)16-8-6-13(18)7-9-16/h10,12-13,18H,2-9H2,1H3. The predicted octanol–water partition coefficient (Wildman–Crippen LogP) is 1.45. The van der Waals surface area contributed by atoms with E-state index >= 15 is 0 Å². The summed E-state index contributed by atoms with van der Waals surface area (Å²) in [5.41, 5.74) is 0.577. The molecule has 0 atom stereocenters. The van der Waals surface area contributed by atoms with Crippen LogP contribution in [-0.4, -0.2) is 46.8 Å². The molecule has 2 heterocycles. The Bertz CT molecular complexity index is 597. The van der Waals surface area contributed by atoms with E-state index in [1.807, 2.05) is 4.68 Å². The van der Waals surface area contributed by atoms with Gasteiger partial charge in [0, 0.05) is 19.3 Å². The second-order valence-electron chi connectivity index (χ2n) is 6.13. The average molecular weight is 313 g/mol. The largest absolute Gasteiger partial charge is 0.393 e. The Hall–Kier alpha value is -0.920. The lowest BCUT2D eigenvalue weighted by Gasteiger charge is -2.28. The van der Waals surface area contributed by atoms with Crippen molar-refractivity contribution in [2.45, 2.75) is 62.5 Å². The number of aromatic nitrogens is 2. The molecule has 2 fully saturated rings. The third-order valence-corrected chi connectivity index (χ3v) is 6.61. The van der Waals surface area contributed by atoms with Crippen LogP contribution >= 0.6 is 0 Å². The maximum Gasteiger partial charge on any atom is 0.246 e. The third kappa shape index (κ3) is 2.86. The number of aliphatic hydroxyl groups excluding tert-OH is 1. The van der Waals surface area contributed by atoms with Crippen molar-refractivity contribution in [2.24, 2.45) is 0 Å². The minimum absolute atomic E-state index is 0.325. The van der Waals surface area contributed by atoms with Gasteiger partial charge in [-0.3, -0.25) is 4.68 Å². The Labute approximate surface area is 125 Å². The molecule has 0 bridgehead atoms. The van der Waals surface area contributed by atoms with Crippen LogP contribution in [-0.2, 0) is 10.0 Å². The lowest BCUT2D eigenvalue weighted by molar-refractivity contribution is 0.113. The van der Waals surface area contributed by atoms with E-state index in [0.717, 1.165) is 12.8 Å². The molecule has 0 unspecified atom stereocenters. The van der Waals surface area contributed by atoms with Crippen LogP contribution in [0.1, 0.15) is 50.3 Å². The summed E-state index contributed by atoms with van der Waals surface area (Å²) in [6.07, 6.45) is 6.88. The number of rotatable bonds is 3. The highest BCUT2D eigenvalue weighted by molar-refractivity contribution is 7.89. The summed E-state index contributed by atoms with van der Waals surface area (Å²) in [5.74, 6) is 0. The molecule has 1 N–H and O–H groups in total. The lowest BCUT2D eigenvalue weighted by Crippen LogP contribution is -2.40. The molecule has 1 saturated heterocycles. The molecule has 6 nitrogen and oxygen atoms in total. The van der Waals surface area contributed by atoms with E-state index in [1.54, 1.807) is 13.1 Å². The molecule has 1 saturated carbocycles. The molecular formula is C14H23N3O3S. The van der Waals surface area contributed by atoms with E-state index in [2.05, 4.69) is 5.10 Å². The highest BCUT2D eigenvalue weighted by Crippen LogP contribution is 2.31. The smallest absolute Gasteiger partial charge is 0.246 e. The number of aliphatic hydroxyl groups is 1. The van der Waals surface area contributed by atoms with Crippen LogP contribution in [0.15, 0.2) is 11.1 Å². The summed E-state index contributed by atoms with van der Waals surface area (Å²) in [6.45, 7) is 2.53. The Morgan fingerprint density at radius 1 is 1.19 bits per heavy atom. The molecule has 1 aromatic heterocycles. The number of nitrogens with zero attached hydrogens (tertiary/aromatic N) is 3. The van der Waals surface area contributed by atoms with Crippen LogP contribution in [0.25, 0.3) is 0 Å². The fraction of sp³-hybridized carbons (Fsp3) is 0.786. The first-order chi connectivity index (χ1) is 9.98. The fourth-order valence-corrected chi connectivity index (χ4v) is 4.92. The zero-order chi connectivity index (χ0) is 15.0. The van der Waals surface area contributed by atoms with Gasteiger partial charge in [0.05, 0.1) is 17.8 Å². The molecule has 1 aromatic rings. The molecule has 21 heavy (non-hydrogen) atoms. The van der Waals surface area contributed by atoms with E-state index in [9.17, 15) is 13.5 Å². The first-order valence-electron chi connectivity index (χ1n) is 7.72. The summed E-state index contributed by atoms with van der Waals surface area (Å²) < 4.78 is 28.8. The molecule has 0 aromatic carbocycles. The van der Waals surface area contributed by atoms with Crippen LogP contribution < -0.4 is 0 Å². The van der Waals surface area contributed by atoms with Gasteiger partial charge in [-0.1, -0.05) is 12.8 Å². The predicted molar refractivity (Wildman–Crippen MR) is 78.5 cm³/mol. The van der Waals surface area contributed by atoms with Crippen LogP contribution in [0.5, 0.6) is 0 Å². The number of hydrogen-bond donors (Lipinski definition) is 1. The maximum atomic E-state index is 12.7. The Morgan fingerprint density at radius 2 is 1.81 bits per heavy atom. The fourth-order valence-electron chi connectivity index (χ4n) is 3.30. The first kappa shape index (κ1) is 15.0. The van der Waals surface area contributed by atoms with Crippen molar-refractivity contribution in [3.8, 4) is 0 Å².